The summed E-state index contributed by atoms with van der Waals surface area (Å²) in [5, 5.41) is 3.28. The molecule has 3 heterocycles. The van der Waals surface area contributed by atoms with Crippen LogP contribution in [-0.2, 0) is 9.59 Å². The van der Waals surface area contributed by atoms with Gasteiger partial charge in [-0.05, 0) is 44.7 Å². The van der Waals surface area contributed by atoms with Gasteiger partial charge in [0.05, 0.1) is 0 Å². The Morgan fingerprint density at radius 2 is 1.68 bits per heavy atom. The predicted molar refractivity (Wildman–Crippen MR) is 98.2 cm³/mol. The summed E-state index contributed by atoms with van der Waals surface area (Å²) in [5.41, 5.74) is 0. The quantitative estimate of drug-likeness (QED) is 0.814. The van der Waals surface area contributed by atoms with Gasteiger partial charge in [-0.25, -0.2) is 0 Å². The Kier molecular flexibility index (Phi) is 6.70. The minimum atomic E-state index is 0.199. The summed E-state index contributed by atoms with van der Waals surface area (Å²) in [4.78, 5) is 31.4. The van der Waals surface area contributed by atoms with Crippen LogP contribution in [0.1, 0.15) is 39.0 Å². The molecule has 0 saturated carbocycles. The van der Waals surface area contributed by atoms with Gasteiger partial charge in [0.1, 0.15) is 0 Å². The van der Waals surface area contributed by atoms with E-state index in [2.05, 4.69) is 22.0 Å². The van der Waals surface area contributed by atoms with Crippen LogP contribution in [0.3, 0.4) is 0 Å². The molecule has 1 atom stereocenters. The number of hydrogen-bond donors (Lipinski definition) is 1. The second kappa shape index (κ2) is 8.99. The van der Waals surface area contributed by atoms with E-state index in [9.17, 15) is 9.59 Å². The van der Waals surface area contributed by atoms with E-state index in [0.717, 1.165) is 78.2 Å². The average molecular weight is 351 g/mol. The number of rotatable bonds is 4. The maximum absolute atomic E-state index is 12.7. The lowest BCUT2D eigenvalue weighted by Gasteiger charge is -2.37. The summed E-state index contributed by atoms with van der Waals surface area (Å²) in [6.07, 6.45) is 4.92. The van der Waals surface area contributed by atoms with Crippen LogP contribution in [-0.4, -0.2) is 85.4 Å². The fraction of sp³-hybridized carbons (Fsp3) is 0.895. The van der Waals surface area contributed by atoms with Crippen molar-refractivity contribution in [1.29, 1.82) is 0 Å². The highest BCUT2D eigenvalue weighted by molar-refractivity contribution is 5.79. The number of piperidine rings is 2. The molecule has 3 saturated heterocycles. The first-order valence-corrected chi connectivity index (χ1v) is 10.1. The number of carbonyl (C=O) groups is 2. The van der Waals surface area contributed by atoms with Gasteiger partial charge in [-0.2, -0.15) is 0 Å². The van der Waals surface area contributed by atoms with Crippen LogP contribution in [0.25, 0.3) is 0 Å². The highest BCUT2D eigenvalue weighted by atomic mass is 16.2. The lowest BCUT2D eigenvalue weighted by atomic mass is 9.92. The van der Waals surface area contributed by atoms with Gasteiger partial charge in [-0.1, -0.05) is 6.92 Å². The van der Waals surface area contributed by atoms with Crippen molar-refractivity contribution < 1.29 is 9.59 Å². The molecule has 0 aliphatic carbocycles. The van der Waals surface area contributed by atoms with Gasteiger partial charge in [-0.3, -0.25) is 9.59 Å². The van der Waals surface area contributed by atoms with Crippen molar-refractivity contribution in [2.24, 2.45) is 11.8 Å². The van der Waals surface area contributed by atoms with Gasteiger partial charge in [0.2, 0.25) is 11.8 Å². The third-order valence-electron chi connectivity index (χ3n) is 6.02. The second-order valence-electron chi connectivity index (χ2n) is 8.03. The molecule has 3 aliphatic rings. The Bertz CT molecular complexity index is 456. The van der Waals surface area contributed by atoms with Gasteiger partial charge in [0.25, 0.3) is 0 Å². The fourth-order valence-corrected chi connectivity index (χ4v) is 4.38. The van der Waals surface area contributed by atoms with Crippen LogP contribution in [0.5, 0.6) is 0 Å². The van der Waals surface area contributed by atoms with E-state index >= 15 is 0 Å². The van der Waals surface area contributed by atoms with E-state index in [0.29, 0.717) is 18.2 Å². The summed E-state index contributed by atoms with van der Waals surface area (Å²) in [6.45, 7) is 10.4. The number of hydrogen-bond acceptors (Lipinski definition) is 4. The molecule has 25 heavy (non-hydrogen) atoms. The molecule has 0 aromatic rings. The molecule has 3 rings (SSSR count). The molecule has 0 radical (unpaired) electrons. The Morgan fingerprint density at radius 3 is 2.36 bits per heavy atom. The molecule has 0 aromatic heterocycles. The van der Waals surface area contributed by atoms with Crippen LogP contribution in [0.4, 0.5) is 0 Å². The van der Waals surface area contributed by atoms with Crippen molar-refractivity contribution in [1.82, 2.24) is 20.0 Å². The molecule has 6 nitrogen and oxygen atoms in total. The Labute approximate surface area is 151 Å². The predicted octanol–water partition coefficient (Wildman–Crippen LogP) is 0.779. The molecule has 0 spiro atoms. The van der Waals surface area contributed by atoms with Crippen molar-refractivity contribution in [3.63, 3.8) is 0 Å². The summed E-state index contributed by atoms with van der Waals surface area (Å²) in [7, 11) is 0. The van der Waals surface area contributed by atoms with Gasteiger partial charge in [-0.15, -0.1) is 0 Å². The molecule has 142 valence electrons. The van der Waals surface area contributed by atoms with Crippen molar-refractivity contribution in [2.45, 2.75) is 39.0 Å². The molecule has 3 fully saturated rings. The van der Waals surface area contributed by atoms with Crippen molar-refractivity contribution in [2.75, 3.05) is 58.9 Å². The fourth-order valence-electron chi connectivity index (χ4n) is 4.38. The van der Waals surface area contributed by atoms with Gasteiger partial charge in [0.15, 0.2) is 0 Å². The Morgan fingerprint density at radius 1 is 0.960 bits per heavy atom. The number of likely N-dealkylation sites (tertiary alicyclic amines) is 2. The van der Waals surface area contributed by atoms with E-state index < -0.39 is 0 Å². The van der Waals surface area contributed by atoms with Gasteiger partial charge in [0, 0.05) is 58.2 Å². The summed E-state index contributed by atoms with van der Waals surface area (Å²) >= 11 is 0. The highest BCUT2D eigenvalue weighted by Gasteiger charge is 2.30. The van der Waals surface area contributed by atoms with Crippen molar-refractivity contribution in [3.8, 4) is 0 Å². The number of amides is 2. The average Bonchev–Trinajstić information content (AvgIpc) is 2.66. The van der Waals surface area contributed by atoms with Gasteiger partial charge < -0.3 is 20.0 Å². The standard InChI is InChI=1S/C19H34N4O2/c1-16-3-2-9-23(15-16)19(25)17-4-10-21(11-5-17)12-6-18(24)22-13-7-20-8-14-22/h16-17,20H,2-15H2,1H3. The number of nitrogens with one attached hydrogen (secondary N) is 1. The molecule has 6 heteroatoms. The van der Waals surface area contributed by atoms with Crippen LogP contribution < -0.4 is 5.32 Å². The molecule has 2 amide bonds. The first kappa shape index (κ1) is 18.6. The highest BCUT2D eigenvalue weighted by Crippen LogP contribution is 2.23. The maximum Gasteiger partial charge on any atom is 0.225 e. The van der Waals surface area contributed by atoms with Crippen LogP contribution in [0.15, 0.2) is 0 Å². The number of piperazine rings is 1. The van der Waals surface area contributed by atoms with Crippen LogP contribution in [0, 0.1) is 11.8 Å². The largest absolute Gasteiger partial charge is 0.342 e. The zero-order chi connectivity index (χ0) is 17.6. The lowest BCUT2D eigenvalue weighted by Crippen LogP contribution is -2.48. The Balaban J connectivity index is 1.36. The summed E-state index contributed by atoms with van der Waals surface area (Å²) in [5.74, 6) is 1.50. The third-order valence-corrected chi connectivity index (χ3v) is 6.02. The van der Waals surface area contributed by atoms with E-state index in [-0.39, 0.29) is 11.8 Å². The number of nitrogens with zero attached hydrogens (tertiary/aromatic N) is 3. The van der Waals surface area contributed by atoms with E-state index in [1.807, 2.05) is 4.90 Å². The molecule has 0 bridgehead atoms. The summed E-state index contributed by atoms with van der Waals surface area (Å²) < 4.78 is 0. The SMILES string of the molecule is CC1CCCN(C(=O)C2CCN(CCC(=O)N3CCNCC3)CC2)C1. The first-order valence-electron chi connectivity index (χ1n) is 10.1. The van der Waals surface area contributed by atoms with Gasteiger partial charge >= 0.3 is 0 Å². The zero-order valence-corrected chi connectivity index (χ0v) is 15.7. The minimum absolute atomic E-state index is 0.199. The topological polar surface area (TPSA) is 55.9 Å². The molecular weight excluding hydrogens is 316 g/mol. The minimum Gasteiger partial charge on any atom is -0.342 e. The molecule has 1 N–H and O–H groups in total. The molecule has 0 aromatic carbocycles. The molecular formula is C19H34N4O2. The monoisotopic (exact) mass is 350 g/mol. The van der Waals surface area contributed by atoms with Crippen LogP contribution >= 0.6 is 0 Å². The van der Waals surface area contributed by atoms with E-state index in [4.69, 9.17) is 0 Å². The second-order valence-corrected chi connectivity index (χ2v) is 8.03. The van der Waals surface area contributed by atoms with Crippen molar-refractivity contribution in [3.05, 3.63) is 0 Å². The number of carbonyl (C=O) groups excluding carboxylic acids is 2. The third kappa shape index (κ3) is 5.17. The van der Waals surface area contributed by atoms with E-state index in [1.54, 1.807) is 0 Å². The smallest absolute Gasteiger partial charge is 0.225 e. The van der Waals surface area contributed by atoms with Crippen LogP contribution in [0.2, 0.25) is 0 Å². The first-order chi connectivity index (χ1) is 12.1. The Hall–Kier alpha value is -1.14. The maximum atomic E-state index is 12.7. The summed E-state index contributed by atoms with van der Waals surface area (Å²) in [6, 6.07) is 0. The normalized spacial score (nSPS) is 26.7. The molecule has 1 unspecified atom stereocenters. The lowest BCUT2D eigenvalue weighted by molar-refractivity contribution is -0.139. The molecule has 3 aliphatic heterocycles. The van der Waals surface area contributed by atoms with Crippen molar-refractivity contribution >= 4 is 11.8 Å². The van der Waals surface area contributed by atoms with E-state index in [1.165, 1.54) is 6.42 Å². The zero-order valence-electron chi connectivity index (χ0n) is 15.7.